The van der Waals surface area contributed by atoms with Crippen LogP contribution in [0.5, 0.6) is 46.0 Å². The second-order valence-electron chi connectivity index (χ2n) is 22.1. The minimum Gasteiger partial charge on any atom is -0.508 e. The molecule has 85 heavy (non-hydrogen) atoms. The van der Waals surface area contributed by atoms with Crippen LogP contribution in [0.15, 0.2) is 184 Å². The Hall–Kier alpha value is -8.82. The van der Waals surface area contributed by atoms with Crippen molar-refractivity contribution in [3.05, 3.63) is 228 Å². The first-order chi connectivity index (χ1) is 41.2. The number of aromatic hydroxyl groups is 8. The minimum absolute atomic E-state index is 0.215. The van der Waals surface area contributed by atoms with Crippen molar-refractivity contribution in [3.63, 3.8) is 0 Å². The van der Waals surface area contributed by atoms with E-state index in [9.17, 15) is 40.9 Å². The molecule has 0 aromatic heterocycles. The van der Waals surface area contributed by atoms with E-state index in [0.29, 0.717) is 44.0 Å². The Bertz CT molecular complexity index is 3560. The van der Waals surface area contributed by atoms with E-state index in [-0.39, 0.29) is 58.2 Å². The van der Waals surface area contributed by atoms with Gasteiger partial charge in [0.25, 0.3) is 0 Å². The summed E-state index contributed by atoms with van der Waals surface area (Å²) < 4.78 is 26.2. The van der Waals surface area contributed by atoms with Crippen LogP contribution in [0.4, 0.5) is 0 Å². The second-order valence-corrected chi connectivity index (χ2v) is 22.1. The predicted octanol–water partition coefficient (Wildman–Crippen LogP) is 13.0. The number of allylic oxidation sites excluding steroid dienone is 3. The van der Waals surface area contributed by atoms with Gasteiger partial charge in [-0.1, -0.05) is 66.8 Å². The van der Waals surface area contributed by atoms with Gasteiger partial charge in [0.2, 0.25) is 0 Å². The maximum atomic E-state index is 10.2. The van der Waals surface area contributed by atoms with Crippen molar-refractivity contribution in [2.24, 2.45) is 0 Å². The van der Waals surface area contributed by atoms with Crippen molar-refractivity contribution in [1.82, 2.24) is 0 Å². The summed E-state index contributed by atoms with van der Waals surface area (Å²) in [7, 11) is 0. The zero-order valence-corrected chi connectivity index (χ0v) is 47.4. The van der Waals surface area contributed by atoms with E-state index in [1.54, 1.807) is 60.7 Å². The van der Waals surface area contributed by atoms with E-state index in [1.807, 2.05) is 103 Å². The summed E-state index contributed by atoms with van der Waals surface area (Å²) in [5, 5.41) is 80.1. The Labute approximate surface area is 495 Å². The average Bonchev–Trinajstić information content (AvgIpc) is 4.27. The van der Waals surface area contributed by atoms with Crippen molar-refractivity contribution in [2.75, 3.05) is 33.0 Å². The molecule has 0 bridgehead atoms. The molecule has 5 aliphatic heterocycles. The highest BCUT2D eigenvalue weighted by Crippen LogP contribution is 2.39. The fourth-order valence-corrected chi connectivity index (χ4v) is 10.1. The first-order valence-corrected chi connectivity index (χ1v) is 28.7. The molecular formula is C72H72O13. The Morgan fingerprint density at radius 2 is 0.518 bits per heavy atom. The molecule has 5 atom stereocenters. The van der Waals surface area contributed by atoms with Crippen molar-refractivity contribution >= 4 is 0 Å². The van der Waals surface area contributed by atoms with Gasteiger partial charge >= 0.3 is 0 Å². The molecule has 13 nitrogen and oxygen atoms in total. The summed E-state index contributed by atoms with van der Waals surface area (Å²) in [6.07, 6.45) is 12.7. The Balaban J connectivity index is 0.000000126. The highest BCUT2D eigenvalue weighted by molar-refractivity contribution is 5.75. The normalized spacial score (nSPS) is 18.2. The maximum absolute atomic E-state index is 10.2. The van der Waals surface area contributed by atoms with E-state index in [0.717, 1.165) is 148 Å². The van der Waals surface area contributed by atoms with Gasteiger partial charge in [-0.25, -0.2) is 0 Å². The zero-order chi connectivity index (χ0) is 59.6. The van der Waals surface area contributed by atoms with Crippen molar-refractivity contribution in [1.29, 1.82) is 0 Å². The molecule has 0 radical (unpaired) electrons. The van der Waals surface area contributed by atoms with Crippen LogP contribution in [-0.4, -0.2) is 104 Å². The number of benzene rings is 8. The lowest BCUT2D eigenvalue weighted by molar-refractivity contribution is 0.402. The monoisotopic (exact) mass is 1140 g/mol. The molecule has 5 fully saturated rings. The molecule has 13 rings (SSSR count). The van der Waals surface area contributed by atoms with Gasteiger partial charge in [0.1, 0.15) is 46.0 Å². The lowest BCUT2D eigenvalue weighted by atomic mass is 9.97. The van der Waals surface area contributed by atoms with Crippen LogP contribution in [-0.2, 0) is 75.1 Å². The molecule has 0 saturated carbocycles. The van der Waals surface area contributed by atoms with Crippen LogP contribution in [0, 0.1) is 0 Å². The number of epoxide rings is 5. The molecule has 0 amide bonds. The highest BCUT2D eigenvalue weighted by atomic mass is 16.6. The summed E-state index contributed by atoms with van der Waals surface area (Å²) in [6.45, 7) is 15.1. The molecule has 3 unspecified atom stereocenters. The summed E-state index contributed by atoms with van der Waals surface area (Å²) >= 11 is 0. The molecule has 0 aliphatic carbocycles. The maximum Gasteiger partial charge on any atom is 0.123 e. The van der Waals surface area contributed by atoms with E-state index in [4.69, 9.17) is 23.7 Å². The third kappa shape index (κ3) is 16.7. The quantitative estimate of drug-likeness (QED) is 0.0263. The third-order valence-corrected chi connectivity index (χ3v) is 15.2. The highest BCUT2D eigenvalue weighted by Gasteiger charge is 2.28. The van der Waals surface area contributed by atoms with Gasteiger partial charge in [-0.3, -0.25) is 0 Å². The summed E-state index contributed by atoms with van der Waals surface area (Å²) in [5.41, 5.74) is 14.5. The van der Waals surface area contributed by atoms with Crippen LogP contribution in [0.25, 0.3) is 44.5 Å². The van der Waals surface area contributed by atoms with Gasteiger partial charge in [-0.2, -0.15) is 0 Å². The molecule has 5 heterocycles. The largest absolute Gasteiger partial charge is 0.508 e. The average molecular weight is 1150 g/mol. The molecule has 13 heteroatoms. The lowest BCUT2D eigenvalue weighted by Gasteiger charge is -2.10. The first kappa shape index (κ1) is 59.3. The number of phenols is 8. The minimum atomic E-state index is 0.215. The van der Waals surface area contributed by atoms with Crippen molar-refractivity contribution < 1.29 is 64.5 Å². The van der Waals surface area contributed by atoms with Crippen molar-refractivity contribution in [2.45, 2.75) is 81.9 Å². The second kappa shape index (κ2) is 27.3. The fourth-order valence-electron chi connectivity index (χ4n) is 10.1. The SMILES string of the molecule is C=CCc1cc(-c2cc(C[C@@H]3CO3)ccc2O)ccc1O.C=CCc1cc(-c2cc(C[C@H]3CO3)ccc2O)ccc1O.C=CCc1ccc(O)c(-c2ccc(O)c(CC3CO3)c2)c1.Oc1ccc(-c2cc(CC3CO3)ccc2O)cc1CC1CO1. The first-order valence-electron chi connectivity index (χ1n) is 28.7. The molecule has 8 N–H and O–H groups in total. The van der Waals surface area contributed by atoms with E-state index in [2.05, 4.69) is 19.7 Å². The van der Waals surface area contributed by atoms with E-state index in [1.165, 1.54) is 0 Å². The third-order valence-electron chi connectivity index (χ3n) is 15.2. The Morgan fingerprint density at radius 3 is 0.800 bits per heavy atom. The molecule has 5 aliphatic rings. The van der Waals surface area contributed by atoms with Crippen LogP contribution in [0.2, 0.25) is 0 Å². The molecule has 5 saturated heterocycles. The molecule has 0 spiro atoms. The Morgan fingerprint density at radius 1 is 0.282 bits per heavy atom. The Kier molecular flexibility index (Phi) is 19.0. The molecule has 8 aromatic rings. The van der Waals surface area contributed by atoms with Gasteiger partial charge in [0.15, 0.2) is 0 Å². The summed E-state index contributed by atoms with van der Waals surface area (Å²) in [4.78, 5) is 0. The van der Waals surface area contributed by atoms with Crippen LogP contribution >= 0.6 is 0 Å². The standard InChI is InChI=1S/C18H18O4.3C18H18O3/c19-17-4-2-12(7-13(17)8-15-10-22-15)16-6-11(1-3-18(16)20)5-14-9-21-14;2*1-2-3-14-10-13(5-7-17(14)19)16-9-12(4-6-18(16)20)8-15-11-21-15;1-2-3-12-4-6-18(20)16(8-12)13-5-7-17(19)14(9-13)10-15-11-21-15/h1-4,6-7,14-15,19-20H,5,8-10H2;2*2,4-7,9-10,15,19-20H,1,3,8,11H2;2,4-9,15,19-20H,1,3,10-11H2/t;2*15-;/m.10./s1. The van der Waals surface area contributed by atoms with Gasteiger partial charge in [0.05, 0.1) is 63.6 Å². The van der Waals surface area contributed by atoms with E-state index < -0.39 is 0 Å². The van der Waals surface area contributed by atoms with Gasteiger partial charge in [-0.15, -0.1) is 19.7 Å². The van der Waals surface area contributed by atoms with Crippen LogP contribution in [0.3, 0.4) is 0 Å². The number of phenolic OH excluding ortho intramolecular Hbond substituents is 8. The summed E-state index contributed by atoms with van der Waals surface area (Å²) in [6, 6.07) is 44.0. The van der Waals surface area contributed by atoms with Gasteiger partial charge in [-0.05, 0) is 183 Å². The van der Waals surface area contributed by atoms with Crippen LogP contribution in [0.1, 0.15) is 44.5 Å². The topological polar surface area (TPSA) is 224 Å². The van der Waals surface area contributed by atoms with Crippen molar-refractivity contribution in [3.8, 4) is 90.5 Å². The number of ether oxygens (including phenoxy) is 5. The molecule has 438 valence electrons. The summed E-state index contributed by atoms with van der Waals surface area (Å²) in [5.74, 6) is 2.02. The fraction of sp³-hybridized carbons (Fsp3) is 0.250. The number of hydrogen-bond acceptors (Lipinski definition) is 13. The number of rotatable bonds is 20. The molecular weight excluding hydrogens is 1070 g/mol. The van der Waals surface area contributed by atoms with Crippen LogP contribution < -0.4 is 0 Å². The predicted molar refractivity (Wildman–Crippen MR) is 330 cm³/mol. The number of hydrogen-bond donors (Lipinski definition) is 8. The van der Waals surface area contributed by atoms with Gasteiger partial charge < -0.3 is 64.5 Å². The smallest absolute Gasteiger partial charge is 0.123 e. The molecule has 8 aromatic carbocycles. The van der Waals surface area contributed by atoms with E-state index >= 15 is 0 Å². The van der Waals surface area contributed by atoms with Gasteiger partial charge in [0, 0.05) is 54.4 Å². The lowest BCUT2D eigenvalue weighted by Crippen LogP contribution is -1.96. The zero-order valence-electron chi connectivity index (χ0n) is 47.4.